The van der Waals surface area contributed by atoms with Gasteiger partial charge in [0.05, 0.1) is 23.7 Å². The van der Waals surface area contributed by atoms with E-state index in [-0.39, 0.29) is 24.2 Å². The Hall–Kier alpha value is -2.04. The second kappa shape index (κ2) is 11.4. The van der Waals surface area contributed by atoms with Crippen LogP contribution in [0.3, 0.4) is 0 Å². The summed E-state index contributed by atoms with van der Waals surface area (Å²) in [4.78, 5) is 10.9. The Morgan fingerprint density at radius 1 is 1.12 bits per heavy atom. The number of thioether (sulfide) groups is 1. The molecule has 0 saturated carbocycles. The summed E-state index contributed by atoms with van der Waals surface area (Å²) >= 11 is 1.06. The standard InChI is InChI=1S/C24H33NO7S/c1-13-9-16(27)11-18(32-24-23(31)22(30)21(29)19(12-26)33-24)17(13)10-15-7-5-14(6-8-15)3-2-4-20(25)28/h5-8,11,13,19,21-24,26-27,29-31H,2-4,9-10,12H2,1H3,(H2,25,28)/t13?,19-,21-,22+,23-,24-/m1/s1. The van der Waals surface area contributed by atoms with Crippen molar-refractivity contribution in [2.24, 2.45) is 11.7 Å². The van der Waals surface area contributed by atoms with Crippen molar-refractivity contribution in [3.8, 4) is 0 Å². The number of amides is 1. The second-order valence-electron chi connectivity index (χ2n) is 8.76. The Morgan fingerprint density at radius 2 is 1.79 bits per heavy atom. The third kappa shape index (κ3) is 6.51. The van der Waals surface area contributed by atoms with Crippen molar-refractivity contribution in [1.29, 1.82) is 0 Å². The molecule has 1 aliphatic carbocycles. The predicted molar refractivity (Wildman–Crippen MR) is 125 cm³/mol. The molecule has 0 aromatic heterocycles. The molecule has 182 valence electrons. The zero-order chi connectivity index (χ0) is 24.1. The Balaban J connectivity index is 1.77. The maximum Gasteiger partial charge on any atom is 0.217 e. The number of ether oxygens (including phenoxy) is 1. The predicted octanol–water partition coefficient (Wildman–Crippen LogP) is 1.31. The highest BCUT2D eigenvalue weighted by molar-refractivity contribution is 8.00. The van der Waals surface area contributed by atoms with Crippen LogP contribution >= 0.6 is 11.8 Å². The minimum absolute atomic E-state index is 0.00451. The molecule has 0 spiro atoms. The number of hydrogen-bond donors (Lipinski definition) is 6. The normalized spacial score (nSPS) is 30.2. The molecule has 6 atom stereocenters. The van der Waals surface area contributed by atoms with Gasteiger partial charge in [-0.25, -0.2) is 0 Å². The maximum atomic E-state index is 10.9. The van der Waals surface area contributed by atoms with Gasteiger partial charge in [-0.2, -0.15) is 0 Å². The van der Waals surface area contributed by atoms with Crippen LogP contribution in [0.1, 0.15) is 37.3 Å². The van der Waals surface area contributed by atoms with Crippen LogP contribution in [0, 0.1) is 5.92 Å². The first kappa shape index (κ1) is 25.6. The Kier molecular flexibility index (Phi) is 8.83. The zero-order valence-electron chi connectivity index (χ0n) is 18.6. The number of carbonyl (C=O) groups excluding carboxylic acids is 1. The van der Waals surface area contributed by atoms with Crippen molar-refractivity contribution in [2.75, 3.05) is 6.61 Å². The third-order valence-electron chi connectivity index (χ3n) is 6.12. The molecule has 8 nitrogen and oxygen atoms in total. The summed E-state index contributed by atoms with van der Waals surface area (Å²) in [6.45, 7) is 1.62. The second-order valence-corrected chi connectivity index (χ2v) is 10.1. The van der Waals surface area contributed by atoms with E-state index < -0.39 is 29.0 Å². The number of allylic oxidation sites excluding steroid dienone is 3. The number of aryl methyl sites for hydroxylation is 1. The van der Waals surface area contributed by atoms with Crippen LogP contribution in [0.5, 0.6) is 0 Å². The van der Waals surface area contributed by atoms with Gasteiger partial charge in [0.2, 0.25) is 5.91 Å². The summed E-state index contributed by atoms with van der Waals surface area (Å²) in [5, 5.41) is 49.6. The van der Waals surface area contributed by atoms with E-state index in [9.17, 15) is 30.3 Å². The number of nitrogens with two attached hydrogens (primary N) is 1. The minimum atomic E-state index is -1.45. The van der Waals surface area contributed by atoms with Gasteiger partial charge in [-0.1, -0.05) is 31.2 Å². The quantitative estimate of drug-likeness (QED) is 0.310. The van der Waals surface area contributed by atoms with Gasteiger partial charge in [0, 0.05) is 18.9 Å². The largest absolute Gasteiger partial charge is 0.512 e. The van der Waals surface area contributed by atoms with Crippen molar-refractivity contribution < 1.29 is 35.1 Å². The summed E-state index contributed by atoms with van der Waals surface area (Å²) < 4.78 is 6.05. The highest BCUT2D eigenvalue weighted by Crippen LogP contribution is 2.38. The van der Waals surface area contributed by atoms with Crippen LogP contribution in [0.25, 0.3) is 0 Å². The molecular formula is C24H33NO7S. The summed E-state index contributed by atoms with van der Waals surface area (Å²) in [5.41, 5.74) is 7.39. The Bertz CT molecular complexity index is 883. The van der Waals surface area contributed by atoms with Gasteiger partial charge in [-0.05, 0) is 41.9 Å². The molecule has 0 bridgehead atoms. The first-order valence-corrected chi connectivity index (χ1v) is 12.1. The lowest BCUT2D eigenvalue weighted by Gasteiger charge is -2.40. The molecule has 2 aliphatic rings. The van der Waals surface area contributed by atoms with Gasteiger partial charge < -0.3 is 36.0 Å². The fraction of sp³-hybridized carbons (Fsp3) is 0.542. The van der Waals surface area contributed by atoms with E-state index in [1.165, 1.54) is 6.08 Å². The molecular weight excluding hydrogens is 446 g/mol. The van der Waals surface area contributed by atoms with E-state index >= 15 is 0 Å². The van der Waals surface area contributed by atoms with Gasteiger partial charge in [-0.3, -0.25) is 4.79 Å². The lowest BCUT2D eigenvalue weighted by molar-refractivity contribution is -0.118. The molecule has 1 heterocycles. The summed E-state index contributed by atoms with van der Waals surface area (Å²) in [5.74, 6) is 0.284. The van der Waals surface area contributed by atoms with Crippen LogP contribution < -0.4 is 5.73 Å². The van der Waals surface area contributed by atoms with E-state index in [2.05, 4.69) is 0 Å². The molecule has 3 rings (SSSR count). The molecule has 1 aliphatic heterocycles. The molecule has 9 heteroatoms. The fourth-order valence-corrected chi connectivity index (χ4v) is 5.39. The minimum Gasteiger partial charge on any atom is -0.512 e. The molecule has 1 amide bonds. The van der Waals surface area contributed by atoms with E-state index in [0.29, 0.717) is 31.4 Å². The summed E-state index contributed by atoms with van der Waals surface area (Å²) in [7, 11) is 0. The van der Waals surface area contributed by atoms with Gasteiger partial charge in [0.15, 0.2) is 5.44 Å². The molecule has 1 aromatic carbocycles. The van der Waals surface area contributed by atoms with Crippen LogP contribution in [0.2, 0.25) is 0 Å². The number of aliphatic hydroxyl groups is 5. The number of hydrogen-bond acceptors (Lipinski definition) is 8. The van der Waals surface area contributed by atoms with Crippen LogP contribution in [0.4, 0.5) is 0 Å². The zero-order valence-corrected chi connectivity index (χ0v) is 19.4. The average molecular weight is 480 g/mol. The number of carbonyl (C=O) groups is 1. The molecule has 33 heavy (non-hydrogen) atoms. The van der Waals surface area contributed by atoms with Crippen molar-refractivity contribution in [2.45, 2.75) is 68.0 Å². The van der Waals surface area contributed by atoms with Crippen molar-refractivity contribution in [1.82, 2.24) is 0 Å². The summed E-state index contributed by atoms with van der Waals surface area (Å²) in [6.07, 6.45) is 0.340. The lowest BCUT2D eigenvalue weighted by atomic mass is 9.86. The molecule has 1 aromatic rings. The van der Waals surface area contributed by atoms with Crippen molar-refractivity contribution >= 4 is 17.7 Å². The van der Waals surface area contributed by atoms with Gasteiger partial charge >= 0.3 is 0 Å². The molecule has 0 radical (unpaired) electrons. The van der Waals surface area contributed by atoms with Crippen molar-refractivity contribution in [3.63, 3.8) is 0 Å². The van der Waals surface area contributed by atoms with E-state index in [1.807, 2.05) is 31.2 Å². The van der Waals surface area contributed by atoms with Gasteiger partial charge in [-0.15, -0.1) is 11.8 Å². The maximum absolute atomic E-state index is 10.9. The van der Waals surface area contributed by atoms with E-state index in [4.69, 9.17) is 10.5 Å². The SMILES string of the molecule is CC1CC(O)=CC(O[C@@H]2S[C@H](CO)[C@@H](O)[C@H](O)[C@H]2O)=C1Cc1ccc(CCCC(N)=O)cc1. The van der Waals surface area contributed by atoms with Gasteiger partial charge in [0.25, 0.3) is 0 Å². The highest BCUT2D eigenvalue weighted by Gasteiger charge is 2.44. The summed E-state index contributed by atoms with van der Waals surface area (Å²) in [6, 6.07) is 8.06. The van der Waals surface area contributed by atoms with E-state index in [1.54, 1.807) is 0 Å². The topological polar surface area (TPSA) is 153 Å². The first-order chi connectivity index (χ1) is 15.7. The molecule has 1 saturated heterocycles. The van der Waals surface area contributed by atoms with Crippen LogP contribution in [-0.4, -0.2) is 67.0 Å². The third-order valence-corrected chi connectivity index (χ3v) is 7.54. The van der Waals surface area contributed by atoms with Crippen LogP contribution in [0.15, 0.2) is 47.4 Å². The van der Waals surface area contributed by atoms with E-state index in [0.717, 1.165) is 34.9 Å². The Morgan fingerprint density at radius 3 is 2.42 bits per heavy atom. The average Bonchev–Trinajstić information content (AvgIpc) is 2.77. The number of aliphatic hydroxyl groups excluding tert-OH is 5. The monoisotopic (exact) mass is 479 g/mol. The highest BCUT2D eigenvalue weighted by atomic mass is 32.2. The van der Waals surface area contributed by atoms with Crippen molar-refractivity contribution in [3.05, 3.63) is 58.6 Å². The number of benzene rings is 1. The Labute approximate surface area is 197 Å². The fourth-order valence-electron chi connectivity index (χ4n) is 4.15. The molecule has 1 unspecified atom stereocenters. The molecule has 1 fully saturated rings. The number of primary amides is 1. The smallest absolute Gasteiger partial charge is 0.217 e. The van der Waals surface area contributed by atoms with Crippen LogP contribution in [-0.2, 0) is 22.4 Å². The lowest BCUT2D eigenvalue weighted by Crippen LogP contribution is -2.54. The van der Waals surface area contributed by atoms with Gasteiger partial charge in [0.1, 0.15) is 18.0 Å². The number of rotatable bonds is 9. The molecule has 7 N–H and O–H groups in total. The first-order valence-electron chi connectivity index (χ1n) is 11.2.